The Balaban J connectivity index is 2.08. The third-order valence-corrected chi connectivity index (χ3v) is 7.94. The van der Waals surface area contributed by atoms with Gasteiger partial charge in [-0.25, -0.2) is 0 Å². The predicted molar refractivity (Wildman–Crippen MR) is 132 cm³/mol. The molecule has 1 fully saturated rings. The molecule has 0 aliphatic carbocycles. The molecule has 0 spiro atoms. The van der Waals surface area contributed by atoms with Gasteiger partial charge in [-0.05, 0) is 29.7 Å². The second-order valence-corrected chi connectivity index (χ2v) is 9.40. The number of methoxy groups -OCH3 is 4. The van der Waals surface area contributed by atoms with Gasteiger partial charge in [0.25, 0.3) is 5.69 Å². The second-order valence-electron chi connectivity index (χ2n) is 6.93. The minimum atomic E-state index is -0.406. The molecule has 2 aromatic carbocycles. The zero-order valence-electron chi connectivity index (χ0n) is 18.5. The number of fused-ring (bicyclic) bond motifs is 1. The molecule has 10 heteroatoms. The van der Waals surface area contributed by atoms with E-state index < -0.39 is 4.92 Å². The van der Waals surface area contributed by atoms with E-state index in [2.05, 4.69) is 4.98 Å². The highest BCUT2D eigenvalue weighted by Gasteiger charge is 2.29. The van der Waals surface area contributed by atoms with Crippen LogP contribution >= 0.6 is 23.5 Å². The van der Waals surface area contributed by atoms with Crippen LogP contribution in [0.1, 0.15) is 11.3 Å². The van der Waals surface area contributed by atoms with Gasteiger partial charge in [-0.3, -0.25) is 15.1 Å². The maximum atomic E-state index is 12.1. The summed E-state index contributed by atoms with van der Waals surface area (Å²) in [6.45, 7) is 0. The third kappa shape index (κ3) is 4.28. The van der Waals surface area contributed by atoms with E-state index in [-0.39, 0.29) is 5.69 Å². The van der Waals surface area contributed by atoms with E-state index in [4.69, 9.17) is 18.9 Å². The van der Waals surface area contributed by atoms with E-state index in [1.54, 1.807) is 50.0 Å². The van der Waals surface area contributed by atoms with Gasteiger partial charge in [0.15, 0.2) is 23.0 Å². The highest BCUT2D eigenvalue weighted by molar-refractivity contribution is 8.25. The van der Waals surface area contributed by atoms with E-state index in [0.717, 1.165) is 26.5 Å². The zero-order valence-corrected chi connectivity index (χ0v) is 20.2. The Hall–Kier alpha value is -3.11. The van der Waals surface area contributed by atoms with Gasteiger partial charge < -0.3 is 18.9 Å². The molecule has 172 valence electrons. The van der Waals surface area contributed by atoms with Crippen molar-refractivity contribution in [2.75, 3.05) is 39.9 Å². The molecule has 0 radical (unpaired) electrons. The number of nitro benzene ring substituents is 1. The normalized spacial score (nSPS) is 13.2. The van der Waals surface area contributed by atoms with Crippen LogP contribution in [0.5, 0.6) is 23.0 Å². The average Bonchev–Trinajstić information content (AvgIpc) is 3.37. The largest absolute Gasteiger partial charge is 0.493 e. The number of benzene rings is 2. The Kier molecular flexibility index (Phi) is 6.85. The van der Waals surface area contributed by atoms with Crippen molar-refractivity contribution in [3.05, 3.63) is 62.1 Å². The standard InChI is InChI=1S/C23H22N2O6S2/c1-28-17-9-13-5-6-24-22(14(13)10-18(17)29-2)21(23-32-7-8-33-23)15-11-19(30-3)20(31-4)12-16(15)25(26)27/h5-6,9-12H,7-8H2,1-4H3. The van der Waals surface area contributed by atoms with Gasteiger partial charge in [-0.2, -0.15) is 0 Å². The summed E-state index contributed by atoms with van der Waals surface area (Å²) in [5, 5.41) is 13.8. The molecule has 0 N–H and O–H groups in total. The number of thioether (sulfide) groups is 2. The van der Waals surface area contributed by atoms with E-state index in [0.29, 0.717) is 39.8 Å². The van der Waals surface area contributed by atoms with Crippen LogP contribution < -0.4 is 18.9 Å². The summed E-state index contributed by atoms with van der Waals surface area (Å²) in [7, 11) is 6.11. The first-order valence-corrected chi connectivity index (χ1v) is 11.9. The van der Waals surface area contributed by atoms with Crippen LogP contribution in [0.15, 0.2) is 40.8 Å². The van der Waals surface area contributed by atoms with Gasteiger partial charge >= 0.3 is 0 Å². The molecule has 33 heavy (non-hydrogen) atoms. The minimum Gasteiger partial charge on any atom is -0.493 e. The number of ether oxygens (including phenoxy) is 4. The van der Waals surface area contributed by atoms with Crippen molar-refractivity contribution < 1.29 is 23.9 Å². The molecule has 4 rings (SSSR count). The lowest BCUT2D eigenvalue weighted by Crippen LogP contribution is -2.03. The summed E-state index contributed by atoms with van der Waals surface area (Å²) in [5.74, 6) is 3.67. The number of hydrogen-bond acceptors (Lipinski definition) is 9. The van der Waals surface area contributed by atoms with Gasteiger partial charge in [0, 0.05) is 28.7 Å². The van der Waals surface area contributed by atoms with Crippen molar-refractivity contribution in [2.45, 2.75) is 0 Å². The highest BCUT2D eigenvalue weighted by Crippen LogP contribution is 2.49. The number of hydrogen-bond donors (Lipinski definition) is 0. The number of pyridine rings is 1. The van der Waals surface area contributed by atoms with Crippen molar-refractivity contribution >= 4 is 45.6 Å². The topological polar surface area (TPSA) is 93.0 Å². The van der Waals surface area contributed by atoms with Crippen molar-refractivity contribution in [3.63, 3.8) is 0 Å². The molecule has 2 heterocycles. The zero-order chi connectivity index (χ0) is 23.5. The average molecular weight is 487 g/mol. The Morgan fingerprint density at radius 1 is 0.909 bits per heavy atom. The van der Waals surface area contributed by atoms with Crippen molar-refractivity contribution in [2.24, 2.45) is 0 Å². The van der Waals surface area contributed by atoms with Gasteiger partial charge in [0.2, 0.25) is 0 Å². The van der Waals surface area contributed by atoms with Crippen molar-refractivity contribution in [3.8, 4) is 23.0 Å². The molecule has 1 saturated heterocycles. The highest BCUT2D eigenvalue weighted by atomic mass is 32.2. The molecule has 0 amide bonds. The Bertz CT molecular complexity index is 1250. The van der Waals surface area contributed by atoms with Crippen LogP contribution in [0.4, 0.5) is 5.69 Å². The van der Waals surface area contributed by atoms with Crippen LogP contribution in [0.25, 0.3) is 16.3 Å². The minimum absolute atomic E-state index is 0.0810. The first-order chi connectivity index (χ1) is 16.0. The predicted octanol–water partition coefficient (Wildman–Crippen LogP) is 5.37. The van der Waals surface area contributed by atoms with Crippen LogP contribution in [0.2, 0.25) is 0 Å². The van der Waals surface area contributed by atoms with Crippen LogP contribution in [0.3, 0.4) is 0 Å². The lowest BCUT2D eigenvalue weighted by atomic mass is 9.97. The Morgan fingerprint density at radius 2 is 1.48 bits per heavy atom. The monoisotopic (exact) mass is 486 g/mol. The number of aromatic nitrogens is 1. The van der Waals surface area contributed by atoms with Crippen LogP contribution in [-0.2, 0) is 0 Å². The quantitative estimate of drug-likeness (QED) is 0.322. The van der Waals surface area contributed by atoms with Crippen LogP contribution in [0, 0.1) is 10.1 Å². The van der Waals surface area contributed by atoms with Gasteiger partial charge in [-0.1, -0.05) is 0 Å². The Morgan fingerprint density at radius 3 is 2.09 bits per heavy atom. The smallest absolute Gasteiger partial charge is 0.281 e. The molecule has 0 atom stereocenters. The van der Waals surface area contributed by atoms with E-state index in [1.165, 1.54) is 20.3 Å². The van der Waals surface area contributed by atoms with Crippen molar-refractivity contribution in [1.82, 2.24) is 4.98 Å². The van der Waals surface area contributed by atoms with E-state index in [9.17, 15) is 10.1 Å². The van der Waals surface area contributed by atoms with E-state index in [1.807, 2.05) is 18.2 Å². The van der Waals surface area contributed by atoms with Gasteiger partial charge in [-0.15, -0.1) is 23.5 Å². The number of rotatable bonds is 7. The summed E-state index contributed by atoms with van der Waals surface area (Å²) in [6, 6.07) is 8.66. The summed E-state index contributed by atoms with van der Waals surface area (Å²) in [5.41, 5.74) is 1.65. The summed E-state index contributed by atoms with van der Waals surface area (Å²) >= 11 is 3.32. The molecule has 1 aliphatic rings. The molecule has 0 saturated carbocycles. The first kappa shape index (κ1) is 23.1. The fraction of sp³-hybridized carbons (Fsp3) is 0.261. The maximum absolute atomic E-state index is 12.1. The molecule has 0 unspecified atom stereocenters. The lowest BCUT2D eigenvalue weighted by Gasteiger charge is -2.17. The van der Waals surface area contributed by atoms with E-state index >= 15 is 0 Å². The molecule has 1 aromatic heterocycles. The first-order valence-electron chi connectivity index (χ1n) is 9.94. The number of nitrogens with zero attached hydrogens (tertiary/aromatic N) is 2. The molecular weight excluding hydrogens is 464 g/mol. The van der Waals surface area contributed by atoms with Crippen LogP contribution in [-0.4, -0.2) is 49.9 Å². The molecule has 0 bridgehead atoms. The molecule has 3 aromatic rings. The van der Waals surface area contributed by atoms with Gasteiger partial charge in [0.1, 0.15) is 0 Å². The fourth-order valence-corrected chi connectivity index (χ4v) is 6.28. The second kappa shape index (κ2) is 9.80. The summed E-state index contributed by atoms with van der Waals surface area (Å²) in [6.07, 6.45) is 1.70. The molecular formula is C23H22N2O6S2. The summed E-state index contributed by atoms with van der Waals surface area (Å²) in [4.78, 5) is 16.4. The molecule has 8 nitrogen and oxygen atoms in total. The molecule has 1 aliphatic heterocycles. The summed E-state index contributed by atoms with van der Waals surface area (Å²) < 4.78 is 22.7. The van der Waals surface area contributed by atoms with Gasteiger partial charge in [0.05, 0.1) is 54.9 Å². The maximum Gasteiger partial charge on any atom is 0.281 e. The number of nitro groups is 1. The SMILES string of the molecule is COc1cc(C(=C2SCCS2)c2nccc3cc(OC)c(OC)cc23)c([N+](=O)[O-])cc1OC. The lowest BCUT2D eigenvalue weighted by molar-refractivity contribution is -0.385. The van der Waals surface area contributed by atoms with Crippen molar-refractivity contribution in [1.29, 1.82) is 0 Å². The third-order valence-electron chi connectivity index (χ3n) is 5.23. The fourth-order valence-electron chi connectivity index (χ4n) is 3.71. The Labute approximate surface area is 199 Å².